The molecule has 0 aliphatic carbocycles. The van der Waals surface area contributed by atoms with Crippen molar-refractivity contribution in [2.24, 2.45) is 5.16 Å². The van der Waals surface area contributed by atoms with Gasteiger partial charge in [-0.25, -0.2) is 0 Å². The molecule has 0 radical (unpaired) electrons. The highest BCUT2D eigenvalue weighted by Crippen LogP contribution is 2.19. The lowest BCUT2D eigenvalue weighted by atomic mass is 10.1. The zero-order valence-corrected chi connectivity index (χ0v) is 12.2. The van der Waals surface area contributed by atoms with Crippen LogP contribution in [0, 0.1) is 10.1 Å². The molecule has 0 saturated heterocycles. The van der Waals surface area contributed by atoms with Crippen LogP contribution in [0.3, 0.4) is 0 Å². The Morgan fingerprint density at radius 1 is 1.25 bits per heavy atom. The maximum atomic E-state index is 10.7. The molecular weight excluding hydrogens is 324 g/mol. The molecule has 5 nitrogen and oxygen atoms in total. The molecule has 0 unspecified atom stereocenters. The number of halogens is 1. The van der Waals surface area contributed by atoms with Gasteiger partial charge in [0.2, 0.25) is 0 Å². The Labute approximate surface area is 124 Å². The number of hydrogen-bond acceptors (Lipinski definition) is 4. The summed E-state index contributed by atoms with van der Waals surface area (Å²) in [5.41, 5.74) is 1.57. The SMILES string of the molecule is C/C(=N\Oc1cccc([N+](=O)[O-])c1)c1ccc(Br)cc1. The Kier molecular flexibility index (Phi) is 4.47. The van der Waals surface area contributed by atoms with E-state index in [4.69, 9.17) is 4.84 Å². The zero-order valence-electron chi connectivity index (χ0n) is 10.6. The van der Waals surface area contributed by atoms with Crippen molar-refractivity contribution < 1.29 is 9.76 Å². The summed E-state index contributed by atoms with van der Waals surface area (Å²) in [5, 5.41) is 14.6. The smallest absolute Gasteiger partial charge is 0.273 e. The molecule has 0 N–H and O–H groups in total. The fourth-order valence-corrected chi connectivity index (χ4v) is 1.78. The van der Waals surface area contributed by atoms with Gasteiger partial charge < -0.3 is 4.84 Å². The molecular formula is C14H11BrN2O3. The van der Waals surface area contributed by atoms with Crippen LogP contribution in [0.25, 0.3) is 0 Å². The van der Waals surface area contributed by atoms with Gasteiger partial charge in [-0.05, 0) is 30.7 Å². The second-order valence-corrected chi connectivity index (χ2v) is 4.95. The molecule has 0 amide bonds. The first-order chi connectivity index (χ1) is 9.56. The Morgan fingerprint density at radius 2 is 1.95 bits per heavy atom. The number of hydrogen-bond donors (Lipinski definition) is 0. The zero-order chi connectivity index (χ0) is 14.5. The fourth-order valence-electron chi connectivity index (χ4n) is 1.52. The van der Waals surface area contributed by atoms with E-state index in [-0.39, 0.29) is 5.69 Å². The van der Waals surface area contributed by atoms with Crippen LogP contribution in [0.4, 0.5) is 5.69 Å². The van der Waals surface area contributed by atoms with Crippen molar-refractivity contribution in [2.75, 3.05) is 0 Å². The highest BCUT2D eigenvalue weighted by molar-refractivity contribution is 9.10. The van der Waals surface area contributed by atoms with E-state index >= 15 is 0 Å². The van der Waals surface area contributed by atoms with Gasteiger partial charge in [-0.3, -0.25) is 10.1 Å². The third-order valence-corrected chi connectivity index (χ3v) is 3.11. The molecule has 0 aliphatic heterocycles. The maximum absolute atomic E-state index is 10.7. The molecule has 0 bridgehead atoms. The molecule has 6 heteroatoms. The lowest BCUT2D eigenvalue weighted by Crippen LogP contribution is -1.97. The first kappa shape index (κ1) is 14.2. The topological polar surface area (TPSA) is 64.7 Å². The minimum Gasteiger partial charge on any atom is -0.356 e. The first-order valence-electron chi connectivity index (χ1n) is 5.78. The highest BCUT2D eigenvalue weighted by atomic mass is 79.9. The number of nitro groups is 1. The maximum Gasteiger partial charge on any atom is 0.273 e. The molecule has 102 valence electrons. The molecule has 0 saturated carbocycles. The van der Waals surface area contributed by atoms with Gasteiger partial charge in [0.1, 0.15) is 0 Å². The van der Waals surface area contributed by atoms with Crippen molar-refractivity contribution in [1.29, 1.82) is 0 Å². The molecule has 0 heterocycles. The summed E-state index contributed by atoms with van der Waals surface area (Å²) >= 11 is 3.36. The standard InChI is InChI=1S/C14H11BrN2O3/c1-10(11-5-7-12(15)8-6-11)16-20-14-4-2-3-13(9-14)17(18)19/h2-9H,1H3/b16-10+. The molecule has 0 atom stereocenters. The quantitative estimate of drug-likeness (QED) is 0.479. The fraction of sp³-hybridized carbons (Fsp3) is 0.0714. The van der Waals surface area contributed by atoms with Crippen molar-refractivity contribution >= 4 is 27.3 Å². The van der Waals surface area contributed by atoms with Gasteiger partial charge in [-0.2, -0.15) is 0 Å². The van der Waals surface area contributed by atoms with E-state index in [0.717, 1.165) is 10.0 Å². The van der Waals surface area contributed by atoms with E-state index < -0.39 is 4.92 Å². The molecule has 20 heavy (non-hydrogen) atoms. The van der Waals surface area contributed by atoms with Crippen molar-refractivity contribution in [3.63, 3.8) is 0 Å². The Morgan fingerprint density at radius 3 is 2.60 bits per heavy atom. The predicted octanol–water partition coefficient (Wildman–Crippen LogP) is 4.16. The molecule has 0 aliphatic rings. The van der Waals surface area contributed by atoms with Crippen molar-refractivity contribution in [1.82, 2.24) is 0 Å². The molecule has 0 aromatic heterocycles. The van der Waals surface area contributed by atoms with Crippen LogP contribution in [-0.2, 0) is 0 Å². The third kappa shape index (κ3) is 3.64. The second kappa shape index (κ2) is 6.29. The van der Waals surface area contributed by atoms with Gasteiger partial charge >= 0.3 is 0 Å². The minimum atomic E-state index is -0.474. The summed E-state index contributed by atoms with van der Waals surface area (Å²) in [7, 11) is 0. The minimum absolute atomic E-state index is 0.0287. The van der Waals surface area contributed by atoms with Gasteiger partial charge in [0, 0.05) is 10.5 Å². The third-order valence-electron chi connectivity index (χ3n) is 2.58. The molecule has 0 spiro atoms. The summed E-state index contributed by atoms with van der Waals surface area (Å²) in [6.07, 6.45) is 0. The Hall–Kier alpha value is -2.21. The van der Waals surface area contributed by atoms with Gasteiger partial charge in [0.15, 0.2) is 5.75 Å². The molecule has 2 rings (SSSR count). The Bertz CT molecular complexity index is 654. The van der Waals surface area contributed by atoms with Crippen LogP contribution >= 0.6 is 15.9 Å². The lowest BCUT2D eigenvalue weighted by molar-refractivity contribution is -0.384. The highest BCUT2D eigenvalue weighted by Gasteiger charge is 2.06. The largest absolute Gasteiger partial charge is 0.356 e. The predicted molar refractivity (Wildman–Crippen MR) is 80.1 cm³/mol. The van der Waals surface area contributed by atoms with E-state index in [9.17, 15) is 10.1 Å². The normalized spacial score (nSPS) is 11.2. The second-order valence-electron chi connectivity index (χ2n) is 4.03. The van der Waals surface area contributed by atoms with Crippen LogP contribution in [0.5, 0.6) is 5.75 Å². The Balaban J connectivity index is 2.14. The van der Waals surface area contributed by atoms with Gasteiger partial charge in [0.25, 0.3) is 5.69 Å². The van der Waals surface area contributed by atoms with Crippen LogP contribution in [-0.4, -0.2) is 10.6 Å². The first-order valence-corrected chi connectivity index (χ1v) is 6.57. The van der Waals surface area contributed by atoms with E-state index in [1.165, 1.54) is 12.1 Å². The van der Waals surface area contributed by atoms with Crippen molar-refractivity contribution in [3.8, 4) is 5.75 Å². The van der Waals surface area contributed by atoms with Crippen LogP contribution in [0.2, 0.25) is 0 Å². The molecule has 0 fully saturated rings. The lowest BCUT2D eigenvalue weighted by Gasteiger charge is -2.02. The van der Waals surface area contributed by atoms with Gasteiger partial charge in [-0.15, -0.1) is 0 Å². The number of non-ortho nitro benzene ring substituents is 1. The molecule has 2 aromatic carbocycles. The number of nitro benzene ring substituents is 1. The average Bonchev–Trinajstić information content (AvgIpc) is 2.46. The van der Waals surface area contributed by atoms with E-state index in [1.54, 1.807) is 19.1 Å². The van der Waals surface area contributed by atoms with Crippen LogP contribution < -0.4 is 4.84 Å². The van der Waals surface area contributed by atoms with Crippen LogP contribution in [0.1, 0.15) is 12.5 Å². The van der Waals surface area contributed by atoms with Gasteiger partial charge in [-0.1, -0.05) is 39.3 Å². The number of oxime groups is 1. The van der Waals surface area contributed by atoms with E-state index in [0.29, 0.717) is 11.5 Å². The average molecular weight is 335 g/mol. The number of nitrogens with zero attached hydrogens (tertiary/aromatic N) is 2. The summed E-state index contributed by atoms with van der Waals surface area (Å²) in [6.45, 7) is 1.81. The number of rotatable bonds is 4. The summed E-state index contributed by atoms with van der Waals surface area (Å²) < 4.78 is 0.980. The van der Waals surface area contributed by atoms with Crippen molar-refractivity contribution in [3.05, 3.63) is 68.7 Å². The van der Waals surface area contributed by atoms with Gasteiger partial charge in [0.05, 0.1) is 16.7 Å². The van der Waals surface area contributed by atoms with E-state index in [1.807, 2.05) is 24.3 Å². The summed E-state index contributed by atoms with van der Waals surface area (Å²) in [6, 6.07) is 13.5. The monoisotopic (exact) mass is 334 g/mol. The van der Waals surface area contributed by atoms with E-state index in [2.05, 4.69) is 21.1 Å². The van der Waals surface area contributed by atoms with Crippen molar-refractivity contribution in [2.45, 2.75) is 6.92 Å². The molecule has 2 aromatic rings. The summed E-state index contributed by atoms with van der Waals surface area (Å²) in [5.74, 6) is 0.329. The number of benzene rings is 2. The summed E-state index contributed by atoms with van der Waals surface area (Å²) in [4.78, 5) is 15.4. The van der Waals surface area contributed by atoms with Crippen LogP contribution in [0.15, 0.2) is 58.2 Å².